The van der Waals surface area contributed by atoms with E-state index in [-0.39, 0.29) is 17.7 Å². The Morgan fingerprint density at radius 3 is 2.42 bits per heavy atom. The third kappa shape index (κ3) is 7.11. The van der Waals surface area contributed by atoms with Crippen molar-refractivity contribution in [1.82, 2.24) is 10.2 Å². The number of hydrogen-bond acceptors (Lipinski definition) is 4. The van der Waals surface area contributed by atoms with E-state index in [0.29, 0.717) is 23.7 Å². The maximum absolute atomic E-state index is 13.1. The van der Waals surface area contributed by atoms with Crippen molar-refractivity contribution in [2.24, 2.45) is 11.3 Å². The van der Waals surface area contributed by atoms with Crippen LogP contribution in [-0.2, 0) is 4.79 Å². The fraction of sp³-hybridized carbons (Fsp3) is 0.667. The predicted octanol–water partition coefficient (Wildman–Crippen LogP) is 4.20. The van der Waals surface area contributed by atoms with Crippen LogP contribution in [0.5, 0.6) is 0 Å². The van der Waals surface area contributed by atoms with Crippen LogP contribution in [0, 0.1) is 11.3 Å². The van der Waals surface area contributed by atoms with E-state index in [2.05, 4.69) is 41.2 Å². The molecule has 7 heteroatoms. The average molecular weight is 451 g/mol. The first-order valence-electron chi connectivity index (χ1n) is 11.5. The smallest absolute Gasteiger partial charge is 0.253 e. The quantitative estimate of drug-likeness (QED) is 0.524. The molecule has 1 aliphatic heterocycles. The largest absolute Gasteiger partial charge is 0.371 e. The number of nitrogens with one attached hydrogen (secondary N) is 2. The molecule has 6 nitrogen and oxygen atoms in total. The molecule has 0 spiro atoms. The molecule has 31 heavy (non-hydrogen) atoms. The van der Waals surface area contributed by atoms with Gasteiger partial charge in [-0.25, -0.2) is 0 Å². The van der Waals surface area contributed by atoms with Crippen LogP contribution in [0.25, 0.3) is 0 Å². The molecular formula is C24H39ClN4O2. The number of carbonyl (C=O) groups excluding carboxylic acids is 2. The summed E-state index contributed by atoms with van der Waals surface area (Å²) >= 11 is 5.95. The van der Waals surface area contributed by atoms with Gasteiger partial charge in [-0.15, -0.1) is 11.6 Å². The zero-order valence-electron chi connectivity index (χ0n) is 19.8. The molecule has 2 N–H and O–H groups in total. The first-order valence-corrected chi connectivity index (χ1v) is 12.0. The highest BCUT2D eigenvalue weighted by atomic mass is 35.5. The average Bonchev–Trinajstić information content (AvgIpc) is 2.77. The molecule has 1 fully saturated rings. The minimum absolute atomic E-state index is 0.103. The molecule has 174 valence electrons. The third-order valence-corrected chi connectivity index (χ3v) is 6.85. The molecule has 1 aromatic rings. The highest BCUT2D eigenvalue weighted by Crippen LogP contribution is 2.29. The third-order valence-electron chi connectivity index (χ3n) is 6.18. The number of likely N-dealkylation sites (N-methyl/N-ethyl adjacent to an activating group) is 1. The number of anilines is 2. The monoisotopic (exact) mass is 450 g/mol. The van der Waals surface area contributed by atoms with E-state index < -0.39 is 5.41 Å². The summed E-state index contributed by atoms with van der Waals surface area (Å²) in [7, 11) is 0. The first-order chi connectivity index (χ1) is 14.7. The summed E-state index contributed by atoms with van der Waals surface area (Å²) in [5.74, 6) is 0.670. The predicted molar refractivity (Wildman–Crippen MR) is 130 cm³/mol. The van der Waals surface area contributed by atoms with E-state index in [9.17, 15) is 9.59 Å². The molecule has 2 amide bonds. The molecule has 1 saturated heterocycles. The van der Waals surface area contributed by atoms with Gasteiger partial charge in [0.15, 0.2) is 0 Å². The SMILES string of the molecule is CCN(CC)CCNC(=O)c1cc(NC(=O)C(C)(C)CCl)ccc1N1CCC(C)CC1. The van der Waals surface area contributed by atoms with Crippen LogP contribution in [0.1, 0.15) is 57.8 Å². The lowest BCUT2D eigenvalue weighted by atomic mass is 9.95. The van der Waals surface area contributed by atoms with Crippen molar-refractivity contribution in [1.29, 1.82) is 0 Å². The Hall–Kier alpha value is -1.79. The number of rotatable bonds is 10. The molecule has 2 rings (SSSR count). The number of hydrogen-bond donors (Lipinski definition) is 2. The number of alkyl halides is 1. The topological polar surface area (TPSA) is 64.7 Å². The van der Waals surface area contributed by atoms with Crippen LogP contribution in [0.4, 0.5) is 11.4 Å². The van der Waals surface area contributed by atoms with Gasteiger partial charge in [0.25, 0.3) is 5.91 Å². The molecule has 0 saturated carbocycles. The highest BCUT2D eigenvalue weighted by Gasteiger charge is 2.27. The van der Waals surface area contributed by atoms with Crippen molar-refractivity contribution in [3.8, 4) is 0 Å². The molecule has 0 aliphatic carbocycles. The molecule has 0 aromatic heterocycles. The molecule has 0 radical (unpaired) electrons. The van der Waals surface area contributed by atoms with Crippen molar-refractivity contribution in [2.45, 2.75) is 47.5 Å². The van der Waals surface area contributed by atoms with Crippen LogP contribution in [0.2, 0.25) is 0 Å². The number of piperidine rings is 1. The van der Waals surface area contributed by atoms with E-state index in [4.69, 9.17) is 11.6 Å². The van der Waals surface area contributed by atoms with Gasteiger partial charge >= 0.3 is 0 Å². The van der Waals surface area contributed by atoms with Gasteiger partial charge in [0.05, 0.1) is 11.0 Å². The lowest BCUT2D eigenvalue weighted by molar-refractivity contribution is -0.122. The Labute approximate surface area is 192 Å². The van der Waals surface area contributed by atoms with Gasteiger partial charge < -0.3 is 20.4 Å². The van der Waals surface area contributed by atoms with Gasteiger partial charge in [0, 0.05) is 43.4 Å². The van der Waals surface area contributed by atoms with Gasteiger partial charge in [-0.05, 0) is 63.9 Å². The van der Waals surface area contributed by atoms with Crippen LogP contribution >= 0.6 is 11.6 Å². The summed E-state index contributed by atoms with van der Waals surface area (Å²) in [4.78, 5) is 30.3. The Balaban J connectivity index is 2.22. The summed E-state index contributed by atoms with van der Waals surface area (Å²) in [6.45, 7) is 15.3. The fourth-order valence-corrected chi connectivity index (χ4v) is 3.77. The second-order valence-corrected chi connectivity index (χ2v) is 9.42. The maximum atomic E-state index is 13.1. The summed E-state index contributed by atoms with van der Waals surface area (Å²) in [6.07, 6.45) is 2.23. The highest BCUT2D eigenvalue weighted by molar-refractivity contribution is 6.20. The van der Waals surface area contributed by atoms with Crippen LogP contribution < -0.4 is 15.5 Å². The Morgan fingerprint density at radius 1 is 1.19 bits per heavy atom. The number of amides is 2. The fourth-order valence-electron chi connectivity index (χ4n) is 3.64. The second kappa shape index (κ2) is 11.7. The summed E-state index contributed by atoms with van der Waals surface area (Å²) < 4.78 is 0. The Kier molecular flexibility index (Phi) is 9.63. The van der Waals surface area contributed by atoms with Gasteiger partial charge in [-0.2, -0.15) is 0 Å². The molecule has 0 unspecified atom stereocenters. The maximum Gasteiger partial charge on any atom is 0.253 e. The van der Waals surface area contributed by atoms with Crippen molar-refractivity contribution < 1.29 is 9.59 Å². The zero-order chi connectivity index (χ0) is 23.0. The number of carbonyl (C=O) groups is 2. The van der Waals surface area contributed by atoms with Crippen molar-refractivity contribution in [2.75, 3.05) is 55.4 Å². The first kappa shape index (κ1) is 25.5. The van der Waals surface area contributed by atoms with Gasteiger partial charge in [-0.1, -0.05) is 20.8 Å². The molecule has 1 heterocycles. The minimum atomic E-state index is -0.685. The summed E-state index contributed by atoms with van der Waals surface area (Å²) in [5.41, 5.74) is 1.47. The lowest BCUT2D eigenvalue weighted by Crippen LogP contribution is -2.37. The van der Waals surface area contributed by atoms with Gasteiger partial charge in [-0.3, -0.25) is 9.59 Å². The lowest BCUT2D eigenvalue weighted by Gasteiger charge is -2.33. The molecule has 1 aromatic carbocycles. The van der Waals surface area contributed by atoms with Crippen LogP contribution in [0.15, 0.2) is 18.2 Å². The molecule has 1 aliphatic rings. The minimum Gasteiger partial charge on any atom is -0.371 e. The second-order valence-electron chi connectivity index (χ2n) is 9.16. The summed E-state index contributed by atoms with van der Waals surface area (Å²) in [6, 6.07) is 5.63. The number of nitrogens with zero attached hydrogens (tertiary/aromatic N) is 2. The Morgan fingerprint density at radius 2 is 1.84 bits per heavy atom. The van der Waals surface area contributed by atoms with E-state index in [1.807, 2.05) is 12.1 Å². The van der Waals surface area contributed by atoms with Crippen molar-refractivity contribution >= 4 is 34.8 Å². The van der Waals surface area contributed by atoms with E-state index in [1.165, 1.54) is 0 Å². The zero-order valence-corrected chi connectivity index (χ0v) is 20.5. The van der Waals surface area contributed by atoms with Gasteiger partial charge in [0.2, 0.25) is 5.91 Å². The van der Waals surface area contributed by atoms with E-state index in [0.717, 1.165) is 51.3 Å². The van der Waals surface area contributed by atoms with Crippen LogP contribution in [-0.4, -0.2) is 61.9 Å². The Bertz CT molecular complexity index is 741. The van der Waals surface area contributed by atoms with E-state index >= 15 is 0 Å². The number of benzene rings is 1. The molecule has 0 bridgehead atoms. The van der Waals surface area contributed by atoms with Crippen LogP contribution in [0.3, 0.4) is 0 Å². The van der Waals surface area contributed by atoms with Gasteiger partial charge in [0.1, 0.15) is 0 Å². The molecule has 0 atom stereocenters. The van der Waals surface area contributed by atoms with Crippen molar-refractivity contribution in [3.63, 3.8) is 0 Å². The van der Waals surface area contributed by atoms with E-state index in [1.54, 1.807) is 19.9 Å². The normalized spacial score (nSPS) is 15.3. The standard InChI is InChI=1S/C24H39ClN4O2/c1-6-28(7-2)15-12-26-22(30)20-16-19(27-23(31)24(4,5)17-25)8-9-21(20)29-13-10-18(3)11-14-29/h8-9,16,18H,6-7,10-15,17H2,1-5H3,(H,26,30)(H,27,31). The number of halogens is 1. The molecular weight excluding hydrogens is 412 g/mol. The van der Waals surface area contributed by atoms with Crippen molar-refractivity contribution in [3.05, 3.63) is 23.8 Å². The summed E-state index contributed by atoms with van der Waals surface area (Å²) in [5, 5.41) is 6.00.